The summed E-state index contributed by atoms with van der Waals surface area (Å²) >= 11 is 0. The Kier molecular flexibility index (Phi) is 3.17. The molecule has 0 aliphatic heterocycles. The van der Waals surface area contributed by atoms with Crippen LogP contribution in [0.4, 0.5) is 5.69 Å². The van der Waals surface area contributed by atoms with Gasteiger partial charge in [-0.3, -0.25) is 15.5 Å². The molecular formula is C9H10N2O3. The molecule has 5 nitrogen and oxygen atoms in total. The first kappa shape index (κ1) is 10.2. The molecular weight excluding hydrogens is 184 g/mol. The normalized spacial score (nSPS) is 9.50. The summed E-state index contributed by atoms with van der Waals surface area (Å²) in [5.41, 5.74) is 0.875. The molecule has 5 heteroatoms. The summed E-state index contributed by atoms with van der Waals surface area (Å²) in [5.74, 6) is 0.138. The van der Waals surface area contributed by atoms with E-state index in [1.165, 1.54) is 19.2 Å². The molecule has 1 N–H and O–H groups in total. The van der Waals surface area contributed by atoms with Crippen molar-refractivity contribution in [2.24, 2.45) is 0 Å². The minimum Gasteiger partial charge on any atom is -0.484 e. The van der Waals surface area contributed by atoms with E-state index in [0.29, 0.717) is 6.42 Å². The van der Waals surface area contributed by atoms with Gasteiger partial charge in [-0.25, -0.2) is 0 Å². The average Bonchev–Trinajstić information content (AvgIpc) is 2.18. The number of rotatable bonds is 3. The lowest BCUT2D eigenvalue weighted by molar-refractivity contribution is -0.384. The van der Waals surface area contributed by atoms with Crippen molar-refractivity contribution in [2.75, 3.05) is 7.11 Å². The highest BCUT2D eigenvalue weighted by Crippen LogP contribution is 2.12. The summed E-state index contributed by atoms with van der Waals surface area (Å²) in [4.78, 5) is 9.88. The smallest absolute Gasteiger partial charge is 0.269 e. The SMILES string of the molecule is COC(=N)Cc1ccc([N+](=O)[O-])cc1. The Balaban J connectivity index is 2.73. The molecule has 0 fully saturated rings. The van der Waals surface area contributed by atoms with Crippen molar-refractivity contribution in [3.63, 3.8) is 0 Å². The number of nitrogens with zero attached hydrogens (tertiary/aromatic N) is 1. The zero-order chi connectivity index (χ0) is 10.6. The lowest BCUT2D eigenvalue weighted by Gasteiger charge is -2.01. The maximum atomic E-state index is 10.3. The average molecular weight is 194 g/mol. The lowest BCUT2D eigenvalue weighted by Crippen LogP contribution is -2.03. The van der Waals surface area contributed by atoms with Gasteiger partial charge in [0, 0.05) is 18.6 Å². The van der Waals surface area contributed by atoms with Gasteiger partial charge >= 0.3 is 0 Å². The van der Waals surface area contributed by atoms with Crippen LogP contribution in [0.1, 0.15) is 5.56 Å². The number of nitrogens with one attached hydrogen (secondary N) is 1. The van der Waals surface area contributed by atoms with Gasteiger partial charge in [-0.1, -0.05) is 12.1 Å². The summed E-state index contributed by atoms with van der Waals surface area (Å²) in [6, 6.07) is 6.06. The molecule has 0 radical (unpaired) electrons. The standard InChI is InChI=1S/C9H10N2O3/c1-14-9(10)6-7-2-4-8(5-3-7)11(12)13/h2-5,10H,6H2,1H3. The lowest BCUT2D eigenvalue weighted by atomic mass is 10.1. The van der Waals surface area contributed by atoms with Gasteiger partial charge in [0.25, 0.3) is 5.69 Å². The summed E-state index contributed by atoms with van der Waals surface area (Å²) in [6.45, 7) is 0. The maximum absolute atomic E-state index is 10.3. The molecule has 0 unspecified atom stereocenters. The number of nitro groups is 1. The van der Waals surface area contributed by atoms with E-state index in [1.807, 2.05) is 0 Å². The van der Waals surface area contributed by atoms with E-state index in [1.54, 1.807) is 12.1 Å². The van der Waals surface area contributed by atoms with E-state index in [0.717, 1.165) is 5.56 Å². The Hall–Kier alpha value is -1.91. The van der Waals surface area contributed by atoms with Gasteiger partial charge in [-0.05, 0) is 5.56 Å². The van der Waals surface area contributed by atoms with Crippen molar-refractivity contribution in [1.82, 2.24) is 0 Å². The number of hydrogen-bond donors (Lipinski definition) is 1. The molecule has 1 aromatic carbocycles. The minimum atomic E-state index is -0.453. The topological polar surface area (TPSA) is 76.2 Å². The third-order valence-electron chi connectivity index (χ3n) is 1.76. The first-order chi connectivity index (χ1) is 6.63. The zero-order valence-corrected chi connectivity index (χ0v) is 7.69. The van der Waals surface area contributed by atoms with E-state index in [2.05, 4.69) is 4.74 Å². The largest absolute Gasteiger partial charge is 0.484 e. The van der Waals surface area contributed by atoms with Crippen molar-refractivity contribution in [1.29, 1.82) is 5.41 Å². The highest BCUT2D eigenvalue weighted by atomic mass is 16.6. The Morgan fingerprint density at radius 2 is 2.07 bits per heavy atom. The van der Waals surface area contributed by atoms with Gasteiger partial charge in [0.2, 0.25) is 0 Å². The summed E-state index contributed by atoms with van der Waals surface area (Å²) < 4.78 is 4.68. The number of benzene rings is 1. The fraction of sp³-hybridized carbons (Fsp3) is 0.222. The monoisotopic (exact) mass is 194 g/mol. The molecule has 14 heavy (non-hydrogen) atoms. The molecule has 1 aromatic rings. The molecule has 1 rings (SSSR count). The van der Waals surface area contributed by atoms with Gasteiger partial charge in [0.15, 0.2) is 5.90 Å². The van der Waals surface area contributed by atoms with Crippen LogP contribution in [0.5, 0.6) is 0 Å². The number of non-ortho nitro benzene ring substituents is 1. The summed E-state index contributed by atoms with van der Waals surface area (Å²) in [6.07, 6.45) is 0.356. The Bertz CT molecular complexity index is 346. The third-order valence-corrected chi connectivity index (χ3v) is 1.76. The molecule has 0 spiro atoms. The number of hydrogen-bond acceptors (Lipinski definition) is 4. The quantitative estimate of drug-likeness (QED) is 0.344. The van der Waals surface area contributed by atoms with Crippen molar-refractivity contribution >= 4 is 11.6 Å². The molecule has 0 aliphatic rings. The van der Waals surface area contributed by atoms with Crippen molar-refractivity contribution in [2.45, 2.75) is 6.42 Å². The van der Waals surface area contributed by atoms with Crippen molar-refractivity contribution in [3.05, 3.63) is 39.9 Å². The van der Waals surface area contributed by atoms with Gasteiger partial charge < -0.3 is 4.74 Å². The molecule has 0 amide bonds. The van der Waals surface area contributed by atoms with Gasteiger partial charge in [-0.15, -0.1) is 0 Å². The summed E-state index contributed by atoms with van der Waals surface area (Å²) in [7, 11) is 1.42. The zero-order valence-electron chi connectivity index (χ0n) is 7.69. The maximum Gasteiger partial charge on any atom is 0.269 e. The van der Waals surface area contributed by atoms with E-state index in [-0.39, 0.29) is 11.6 Å². The van der Waals surface area contributed by atoms with E-state index in [4.69, 9.17) is 5.41 Å². The molecule has 0 aromatic heterocycles. The van der Waals surface area contributed by atoms with Crippen LogP contribution in [0.15, 0.2) is 24.3 Å². The van der Waals surface area contributed by atoms with Crippen LogP contribution in [0.3, 0.4) is 0 Å². The first-order valence-electron chi connectivity index (χ1n) is 3.98. The van der Waals surface area contributed by atoms with Crippen LogP contribution >= 0.6 is 0 Å². The number of methoxy groups -OCH3 is 1. The van der Waals surface area contributed by atoms with Crippen LogP contribution in [-0.4, -0.2) is 17.9 Å². The van der Waals surface area contributed by atoms with Gasteiger partial charge in [0.1, 0.15) is 0 Å². The highest BCUT2D eigenvalue weighted by Gasteiger charge is 2.04. The van der Waals surface area contributed by atoms with Crippen LogP contribution in [-0.2, 0) is 11.2 Å². The van der Waals surface area contributed by atoms with Crippen LogP contribution in [0, 0.1) is 15.5 Å². The molecule has 0 atom stereocenters. The molecule has 0 bridgehead atoms. The second-order valence-corrected chi connectivity index (χ2v) is 2.73. The van der Waals surface area contributed by atoms with Crippen LogP contribution in [0.25, 0.3) is 0 Å². The fourth-order valence-electron chi connectivity index (χ4n) is 0.993. The second kappa shape index (κ2) is 4.36. The predicted octanol–water partition coefficient (Wildman–Crippen LogP) is 1.76. The number of ether oxygens (including phenoxy) is 1. The number of nitro benzene ring substituents is 1. The molecule has 0 aliphatic carbocycles. The molecule has 0 heterocycles. The van der Waals surface area contributed by atoms with E-state index in [9.17, 15) is 10.1 Å². The van der Waals surface area contributed by atoms with Gasteiger partial charge in [-0.2, -0.15) is 0 Å². The minimum absolute atomic E-state index is 0.0534. The van der Waals surface area contributed by atoms with Crippen LogP contribution < -0.4 is 0 Å². The predicted molar refractivity (Wildman–Crippen MR) is 51.5 cm³/mol. The second-order valence-electron chi connectivity index (χ2n) is 2.73. The highest BCUT2D eigenvalue weighted by molar-refractivity contribution is 5.75. The summed E-state index contributed by atoms with van der Waals surface area (Å²) in [5, 5.41) is 17.6. The van der Waals surface area contributed by atoms with Crippen molar-refractivity contribution < 1.29 is 9.66 Å². The van der Waals surface area contributed by atoms with Gasteiger partial charge in [0.05, 0.1) is 12.0 Å². The third kappa shape index (κ3) is 2.55. The van der Waals surface area contributed by atoms with Crippen LogP contribution in [0.2, 0.25) is 0 Å². The Morgan fingerprint density at radius 3 is 2.50 bits per heavy atom. The first-order valence-corrected chi connectivity index (χ1v) is 3.98. The fourth-order valence-corrected chi connectivity index (χ4v) is 0.993. The van der Waals surface area contributed by atoms with E-state index >= 15 is 0 Å². The van der Waals surface area contributed by atoms with E-state index < -0.39 is 4.92 Å². The Morgan fingerprint density at radius 1 is 1.50 bits per heavy atom. The molecule has 74 valence electrons. The molecule has 0 saturated carbocycles. The van der Waals surface area contributed by atoms with Crippen molar-refractivity contribution in [3.8, 4) is 0 Å². The molecule has 0 saturated heterocycles. The Labute approximate surface area is 81.0 Å².